The van der Waals surface area contributed by atoms with E-state index in [0.717, 1.165) is 23.1 Å². The number of carbonyl (C=O) groups excluding carboxylic acids is 1. The van der Waals surface area contributed by atoms with Gasteiger partial charge < -0.3 is 0 Å². The summed E-state index contributed by atoms with van der Waals surface area (Å²) >= 11 is -2.69. The number of primary amides is 1. The Morgan fingerprint density at radius 3 is 2.53 bits per heavy atom. The van der Waals surface area contributed by atoms with E-state index < -0.39 is 64.9 Å². The van der Waals surface area contributed by atoms with Crippen LogP contribution in [0.5, 0.6) is 0 Å². The number of nitrogens with two attached hydrogens (primary N) is 1. The molecule has 0 saturated heterocycles. The van der Waals surface area contributed by atoms with Crippen LogP contribution in [-0.2, 0) is 12.1 Å². The zero-order valence-corrected chi connectivity index (χ0v) is 22.1. The third-order valence-electron chi connectivity index (χ3n) is 5.89. The average Bonchev–Trinajstić information content (AvgIpc) is 3.40. The van der Waals surface area contributed by atoms with E-state index >= 15 is 8.78 Å². The van der Waals surface area contributed by atoms with Gasteiger partial charge in [0.2, 0.25) is 0 Å². The molecule has 2 unspecified atom stereocenters. The van der Waals surface area contributed by atoms with E-state index in [1.54, 1.807) is 35.3 Å². The van der Waals surface area contributed by atoms with E-state index in [0.29, 0.717) is 27.2 Å². The standard InChI is InChI=1S/C26H22F4IN5O2/c1-2-31-14-18(4-3-17-5-8-19(9-6-17)24(32)37)7-12-23(31)26(29,30)25(38,15-36-16-33-34-35-36)21-11-10-20(27)13-22(21)28/h5-14,16,23,38H,2,15H2,1H3,(H2,32,37). The molecule has 2 atom stereocenters. The molecule has 12 heteroatoms. The first-order valence-electron chi connectivity index (χ1n) is 11.3. The zero-order chi connectivity index (χ0) is 27.5. The molecular formula is C26H22F4IN5O2. The summed E-state index contributed by atoms with van der Waals surface area (Å²) in [5, 5.41) is 21.8. The Kier molecular flexibility index (Phi) is 7.98. The SMILES string of the molecule is CCI1C=C(C#Cc2ccc(C(N)=O)cc2)C=CC1C(F)(F)C(O)(Cn1cnnn1)c1ccc(F)cc1F. The van der Waals surface area contributed by atoms with Crippen LogP contribution in [0.2, 0.25) is 0 Å². The molecule has 0 spiro atoms. The van der Waals surface area contributed by atoms with Gasteiger partial charge in [0.15, 0.2) is 0 Å². The third kappa shape index (κ3) is 5.48. The molecule has 2 heterocycles. The molecule has 38 heavy (non-hydrogen) atoms. The van der Waals surface area contributed by atoms with Gasteiger partial charge in [-0.05, 0) is 0 Å². The van der Waals surface area contributed by atoms with Gasteiger partial charge in [-0.3, -0.25) is 0 Å². The van der Waals surface area contributed by atoms with E-state index in [4.69, 9.17) is 5.73 Å². The Hall–Kier alpha value is -3.57. The van der Waals surface area contributed by atoms with Gasteiger partial charge in [0.05, 0.1) is 0 Å². The fraction of sp³-hybridized carbons (Fsp3) is 0.231. The first-order valence-corrected chi connectivity index (χ1v) is 15.3. The summed E-state index contributed by atoms with van der Waals surface area (Å²) in [4.78, 5) is 11.2. The number of tetrazole rings is 1. The summed E-state index contributed by atoms with van der Waals surface area (Å²) < 4.78 is 62.6. The molecule has 0 bridgehead atoms. The van der Waals surface area contributed by atoms with Crippen molar-refractivity contribution in [2.45, 2.75) is 28.9 Å². The molecule has 2 aromatic carbocycles. The predicted octanol–water partition coefficient (Wildman–Crippen LogP) is 3.97. The summed E-state index contributed by atoms with van der Waals surface area (Å²) in [5.41, 5.74) is 2.88. The molecule has 7 nitrogen and oxygen atoms in total. The number of allylic oxidation sites excluding steroid dienone is 3. The van der Waals surface area contributed by atoms with Crippen LogP contribution < -0.4 is 5.73 Å². The number of carbonyl (C=O) groups is 1. The van der Waals surface area contributed by atoms with Gasteiger partial charge >= 0.3 is 223 Å². The molecule has 0 radical (unpaired) electrons. The van der Waals surface area contributed by atoms with E-state index in [1.807, 2.05) is 0 Å². The number of hydrogen-bond acceptors (Lipinski definition) is 5. The molecule has 0 fully saturated rings. The maximum absolute atomic E-state index is 16.3. The van der Waals surface area contributed by atoms with Crippen molar-refractivity contribution in [2.75, 3.05) is 4.43 Å². The first kappa shape index (κ1) is 27.5. The summed E-state index contributed by atoms with van der Waals surface area (Å²) in [7, 11) is 0. The second-order valence-corrected chi connectivity index (χ2v) is 14.3. The minimum atomic E-state index is -3.88. The van der Waals surface area contributed by atoms with Crippen LogP contribution in [0.4, 0.5) is 17.6 Å². The molecule has 198 valence electrons. The number of aliphatic hydroxyl groups is 1. The van der Waals surface area contributed by atoms with Gasteiger partial charge in [0, 0.05) is 0 Å². The van der Waals surface area contributed by atoms with Crippen LogP contribution >= 0.6 is 19.8 Å². The van der Waals surface area contributed by atoms with Crippen LogP contribution in [0.3, 0.4) is 0 Å². The molecule has 1 aliphatic rings. The number of nitrogens with zero attached hydrogens (tertiary/aromatic N) is 4. The van der Waals surface area contributed by atoms with Crippen molar-refractivity contribution in [1.29, 1.82) is 0 Å². The maximum atomic E-state index is 16.3. The van der Waals surface area contributed by atoms with Crippen LogP contribution in [0.15, 0.2) is 70.6 Å². The molecular weight excluding hydrogens is 617 g/mol. The number of aromatic nitrogens is 4. The van der Waals surface area contributed by atoms with Crippen molar-refractivity contribution in [1.82, 2.24) is 20.2 Å². The van der Waals surface area contributed by atoms with Gasteiger partial charge in [-0.15, -0.1) is 0 Å². The quantitative estimate of drug-likeness (QED) is 0.176. The minimum absolute atomic E-state index is 0.337. The van der Waals surface area contributed by atoms with Gasteiger partial charge in [-0.1, -0.05) is 0 Å². The number of rotatable bonds is 7. The summed E-state index contributed by atoms with van der Waals surface area (Å²) in [6.45, 7) is 0.918. The molecule has 3 N–H and O–H groups in total. The molecule has 3 aromatic rings. The van der Waals surface area contributed by atoms with Crippen molar-refractivity contribution in [3.63, 3.8) is 0 Å². The monoisotopic (exact) mass is 639 g/mol. The van der Waals surface area contributed by atoms with E-state index in [9.17, 15) is 18.7 Å². The average molecular weight is 639 g/mol. The molecule has 0 aliphatic carbocycles. The van der Waals surface area contributed by atoms with Crippen molar-refractivity contribution in [2.24, 2.45) is 5.73 Å². The normalized spacial score (nSPS) is 17.8. The van der Waals surface area contributed by atoms with E-state index in [1.165, 1.54) is 12.2 Å². The van der Waals surface area contributed by atoms with Crippen molar-refractivity contribution in [3.8, 4) is 11.8 Å². The number of benzene rings is 2. The zero-order valence-electron chi connectivity index (χ0n) is 20.0. The van der Waals surface area contributed by atoms with Gasteiger partial charge in [-0.25, -0.2) is 0 Å². The summed E-state index contributed by atoms with van der Waals surface area (Å²) in [6, 6.07) is 8.42. The van der Waals surface area contributed by atoms with Gasteiger partial charge in [0.25, 0.3) is 0 Å². The van der Waals surface area contributed by atoms with Gasteiger partial charge in [-0.2, -0.15) is 0 Å². The predicted molar refractivity (Wildman–Crippen MR) is 140 cm³/mol. The molecule has 1 aliphatic heterocycles. The van der Waals surface area contributed by atoms with Crippen molar-refractivity contribution < 1.29 is 27.5 Å². The van der Waals surface area contributed by atoms with Crippen molar-refractivity contribution >= 4 is 25.7 Å². The van der Waals surface area contributed by atoms with E-state index in [-0.39, 0.29) is 0 Å². The van der Waals surface area contributed by atoms with Crippen LogP contribution in [-0.4, -0.2) is 45.5 Å². The Balaban J connectivity index is 1.67. The molecule has 1 aromatic heterocycles. The Morgan fingerprint density at radius 2 is 1.92 bits per heavy atom. The summed E-state index contributed by atoms with van der Waals surface area (Å²) in [5.74, 6) is -0.824. The Labute approximate surface area is 222 Å². The number of halogens is 5. The fourth-order valence-corrected chi connectivity index (χ4v) is 9.18. The summed E-state index contributed by atoms with van der Waals surface area (Å²) in [6.07, 6.45) is 3.78. The molecule has 4 rings (SSSR count). The third-order valence-corrected chi connectivity index (χ3v) is 12.0. The number of hydrogen-bond donors (Lipinski definition) is 2. The number of alkyl halides is 4. The molecule has 1 amide bonds. The first-order chi connectivity index (χ1) is 18.0. The van der Waals surface area contributed by atoms with E-state index in [2.05, 4.69) is 27.4 Å². The van der Waals surface area contributed by atoms with Crippen molar-refractivity contribution in [3.05, 3.63) is 98.9 Å². The second-order valence-electron chi connectivity index (χ2n) is 8.33. The Bertz CT molecular complexity index is 1450. The van der Waals surface area contributed by atoms with Crippen LogP contribution in [0.1, 0.15) is 28.4 Å². The fourth-order valence-electron chi connectivity index (χ4n) is 3.92. The molecule has 0 saturated carbocycles. The van der Waals surface area contributed by atoms with Crippen LogP contribution in [0.25, 0.3) is 0 Å². The van der Waals surface area contributed by atoms with Crippen LogP contribution in [0, 0.1) is 23.5 Å². The second kappa shape index (κ2) is 11.0. The Morgan fingerprint density at radius 1 is 1.18 bits per heavy atom. The number of amides is 1. The van der Waals surface area contributed by atoms with Gasteiger partial charge in [0.1, 0.15) is 0 Å². The topological polar surface area (TPSA) is 107 Å².